The Hall–Kier alpha value is -3.77. The van der Waals surface area contributed by atoms with Gasteiger partial charge >= 0.3 is 6.09 Å². The van der Waals surface area contributed by atoms with Crippen molar-refractivity contribution in [3.63, 3.8) is 0 Å². The molecule has 2 atom stereocenters. The molecule has 6 rings (SSSR count). The van der Waals surface area contributed by atoms with E-state index < -0.39 is 24.2 Å². The van der Waals surface area contributed by atoms with Crippen LogP contribution in [-0.2, 0) is 9.47 Å². The van der Waals surface area contributed by atoms with E-state index in [1.165, 1.54) is 6.20 Å². The first-order valence-electron chi connectivity index (χ1n) is 12.6. The quantitative estimate of drug-likeness (QED) is 0.438. The third-order valence-corrected chi connectivity index (χ3v) is 7.37. The molecular formula is C26H28F2N6O4. The molecule has 0 saturated carbocycles. The van der Waals surface area contributed by atoms with Crippen LogP contribution in [0, 0.1) is 12.7 Å². The van der Waals surface area contributed by atoms with Crippen molar-refractivity contribution in [2.75, 3.05) is 55.8 Å². The highest BCUT2D eigenvalue weighted by molar-refractivity contribution is 5.99. The lowest BCUT2D eigenvalue weighted by molar-refractivity contribution is -0.0964. The summed E-state index contributed by atoms with van der Waals surface area (Å²) < 4.78 is 46.2. The van der Waals surface area contributed by atoms with Crippen molar-refractivity contribution in [3.05, 3.63) is 35.9 Å². The fourth-order valence-corrected chi connectivity index (χ4v) is 5.13. The van der Waals surface area contributed by atoms with Crippen molar-refractivity contribution in [1.82, 2.24) is 14.9 Å². The summed E-state index contributed by atoms with van der Waals surface area (Å²) in [6, 6.07) is 3.44. The number of hydrogen-bond donors (Lipinski definition) is 3. The average molecular weight is 527 g/mol. The summed E-state index contributed by atoms with van der Waals surface area (Å²) >= 11 is 0. The number of rotatable bonds is 4. The molecule has 10 nitrogen and oxygen atoms in total. The highest BCUT2D eigenvalue weighted by Crippen LogP contribution is 2.39. The van der Waals surface area contributed by atoms with Gasteiger partial charge in [0, 0.05) is 55.0 Å². The SMILES string of the molecule is Cc1c(-c2cc3cc(NC(=O)O[C@@H]4CCN(C5COC5)C[C@H]4F)ncc3c(N)c2F)cnc2c1NCCO2. The van der Waals surface area contributed by atoms with E-state index in [1.54, 1.807) is 18.3 Å². The van der Waals surface area contributed by atoms with E-state index in [1.807, 2.05) is 11.8 Å². The van der Waals surface area contributed by atoms with Crippen molar-refractivity contribution in [2.24, 2.45) is 0 Å². The number of nitrogens with zero attached hydrogens (tertiary/aromatic N) is 3. The number of piperidine rings is 1. The van der Waals surface area contributed by atoms with Crippen molar-refractivity contribution in [3.8, 4) is 17.0 Å². The second-order valence-corrected chi connectivity index (χ2v) is 9.75. The zero-order chi connectivity index (χ0) is 26.4. The Kier molecular flexibility index (Phi) is 6.36. The van der Waals surface area contributed by atoms with Gasteiger partial charge in [0.15, 0.2) is 5.82 Å². The molecule has 3 aromatic rings. The number of carbonyl (C=O) groups excluding carboxylic acids is 1. The molecule has 2 saturated heterocycles. The summed E-state index contributed by atoms with van der Waals surface area (Å²) in [6.45, 7) is 5.03. The fourth-order valence-electron chi connectivity index (χ4n) is 5.13. The minimum absolute atomic E-state index is 0.0654. The molecule has 2 aromatic heterocycles. The molecule has 4 N–H and O–H groups in total. The van der Waals surface area contributed by atoms with Gasteiger partial charge in [-0.25, -0.2) is 23.5 Å². The Morgan fingerprint density at radius 2 is 2.11 bits per heavy atom. The van der Waals surface area contributed by atoms with Crippen LogP contribution in [0.4, 0.5) is 30.8 Å². The van der Waals surface area contributed by atoms with Gasteiger partial charge in [0.05, 0.1) is 24.9 Å². The van der Waals surface area contributed by atoms with Crippen LogP contribution in [0.15, 0.2) is 24.5 Å². The smallest absolute Gasteiger partial charge is 0.413 e. The van der Waals surface area contributed by atoms with E-state index in [0.29, 0.717) is 67.2 Å². The number of pyridine rings is 2. The molecule has 1 amide bonds. The number of ether oxygens (including phenoxy) is 3. The Morgan fingerprint density at radius 3 is 2.87 bits per heavy atom. The minimum atomic E-state index is -1.29. The number of halogens is 2. The Balaban J connectivity index is 1.21. The van der Waals surface area contributed by atoms with Crippen LogP contribution in [-0.4, -0.2) is 78.7 Å². The molecule has 200 valence electrons. The number of hydrogen-bond acceptors (Lipinski definition) is 9. The van der Waals surface area contributed by atoms with Crippen LogP contribution in [0.1, 0.15) is 12.0 Å². The summed E-state index contributed by atoms with van der Waals surface area (Å²) in [6.07, 6.45) is 0.390. The van der Waals surface area contributed by atoms with Gasteiger partial charge in [0.2, 0.25) is 5.88 Å². The number of nitrogen functional groups attached to an aromatic ring is 1. The van der Waals surface area contributed by atoms with Crippen molar-refractivity contribution in [1.29, 1.82) is 0 Å². The third-order valence-electron chi connectivity index (χ3n) is 7.37. The van der Waals surface area contributed by atoms with Gasteiger partial charge in [0.1, 0.15) is 30.4 Å². The maximum atomic E-state index is 15.4. The van der Waals surface area contributed by atoms with E-state index in [-0.39, 0.29) is 29.7 Å². The van der Waals surface area contributed by atoms with Gasteiger partial charge < -0.3 is 25.3 Å². The van der Waals surface area contributed by atoms with E-state index >= 15 is 4.39 Å². The van der Waals surface area contributed by atoms with Crippen LogP contribution in [0.2, 0.25) is 0 Å². The van der Waals surface area contributed by atoms with Crippen molar-refractivity contribution in [2.45, 2.75) is 31.7 Å². The van der Waals surface area contributed by atoms with Crippen LogP contribution < -0.4 is 21.1 Å². The summed E-state index contributed by atoms with van der Waals surface area (Å²) in [5, 5.41) is 6.76. The van der Waals surface area contributed by atoms with E-state index in [0.717, 1.165) is 5.56 Å². The lowest BCUT2D eigenvalue weighted by Gasteiger charge is -2.42. The standard InChI is InChI=1S/C26H28F2N6O4/c1-13-17(8-32-25-24(13)30-3-5-37-25)16-6-14-7-21(31-9-18(14)23(29)22(16)28)33-26(35)38-20-2-4-34(10-19(20)27)15-11-36-12-15/h6-9,15,19-20,30H,2-5,10-12,29H2,1H3,(H,31,33,35)/t19-,20-/m1/s1. The number of amides is 1. The number of aromatic nitrogens is 2. The lowest BCUT2D eigenvalue weighted by atomic mass is 9.97. The Bertz CT molecular complexity index is 1400. The van der Waals surface area contributed by atoms with Crippen LogP contribution in [0.5, 0.6) is 5.88 Å². The molecule has 12 heteroatoms. The van der Waals surface area contributed by atoms with Crippen LogP contribution in [0.25, 0.3) is 21.9 Å². The maximum Gasteiger partial charge on any atom is 0.413 e. The number of carbonyl (C=O) groups is 1. The van der Waals surface area contributed by atoms with Crippen molar-refractivity contribution >= 4 is 34.1 Å². The molecular weight excluding hydrogens is 498 g/mol. The number of nitrogens with two attached hydrogens (primary N) is 1. The number of anilines is 3. The highest BCUT2D eigenvalue weighted by atomic mass is 19.1. The molecule has 0 unspecified atom stereocenters. The highest BCUT2D eigenvalue weighted by Gasteiger charge is 2.37. The number of alkyl halides is 1. The first-order chi connectivity index (χ1) is 18.4. The second-order valence-electron chi connectivity index (χ2n) is 9.75. The predicted octanol–water partition coefficient (Wildman–Crippen LogP) is 3.49. The molecule has 2 fully saturated rings. The molecule has 0 radical (unpaired) electrons. The molecule has 5 heterocycles. The van der Waals surface area contributed by atoms with Gasteiger partial charge in [0.25, 0.3) is 0 Å². The first kappa shape index (κ1) is 24.6. The van der Waals surface area contributed by atoms with Gasteiger partial charge in [-0.3, -0.25) is 10.2 Å². The van der Waals surface area contributed by atoms with Crippen LogP contribution in [0.3, 0.4) is 0 Å². The van der Waals surface area contributed by atoms with Gasteiger partial charge in [-0.05, 0) is 30.0 Å². The largest absolute Gasteiger partial charge is 0.474 e. The summed E-state index contributed by atoms with van der Waals surface area (Å²) in [5.41, 5.74) is 8.39. The summed E-state index contributed by atoms with van der Waals surface area (Å²) in [7, 11) is 0. The molecule has 1 aromatic carbocycles. The Morgan fingerprint density at radius 1 is 1.26 bits per heavy atom. The number of fused-ring (bicyclic) bond motifs is 2. The van der Waals surface area contributed by atoms with E-state index in [2.05, 4.69) is 20.6 Å². The average Bonchev–Trinajstić information content (AvgIpc) is 2.87. The predicted molar refractivity (Wildman–Crippen MR) is 138 cm³/mol. The minimum Gasteiger partial charge on any atom is -0.474 e. The van der Waals surface area contributed by atoms with Gasteiger partial charge in [-0.1, -0.05) is 0 Å². The van der Waals surface area contributed by atoms with Crippen molar-refractivity contribution < 1.29 is 27.8 Å². The second kappa shape index (κ2) is 9.84. The van der Waals surface area contributed by atoms with Gasteiger partial charge in [-0.2, -0.15) is 0 Å². The Labute approximate surface area is 217 Å². The maximum absolute atomic E-state index is 15.4. The number of benzene rings is 1. The fraction of sp³-hybridized carbons (Fsp3) is 0.423. The van der Waals surface area contributed by atoms with Gasteiger partial charge in [-0.15, -0.1) is 0 Å². The lowest BCUT2D eigenvalue weighted by Crippen LogP contribution is -2.56. The third kappa shape index (κ3) is 4.43. The summed E-state index contributed by atoms with van der Waals surface area (Å²) in [4.78, 5) is 23.1. The topological polar surface area (TPSA) is 124 Å². The molecule has 0 aliphatic carbocycles. The number of nitrogens with one attached hydrogen (secondary N) is 2. The first-order valence-corrected chi connectivity index (χ1v) is 12.6. The van der Waals surface area contributed by atoms with Crippen LogP contribution >= 0.6 is 0 Å². The number of likely N-dealkylation sites (tertiary alicyclic amines) is 1. The monoisotopic (exact) mass is 526 g/mol. The molecule has 38 heavy (non-hydrogen) atoms. The zero-order valence-corrected chi connectivity index (χ0v) is 20.8. The zero-order valence-electron chi connectivity index (χ0n) is 20.8. The molecule has 0 bridgehead atoms. The molecule has 0 spiro atoms. The van der Waals surface area contributed by atoms with E-state index in [9.17, 15) is 9.18 Å². The molecule has 3 aliphatic heterocycles. The summed E-state index contributed by atoms with van der Waals surface area (Å²) in [5.74, 6) is 0.0585. The molecule has 3 aliphatic rings. The van der Waals surface area contributed by atoms with E-state index in [4.69, 9.17) is 19.9 Å². The normalized spacial score (nSPS) is 21.7.